The van der Waals surface area contributed by atoms with Crippen molar-refractivity contribution in [2.24, 2.45) is 4.99 Å². The SMILES string of the molecule is C=CCNC(=NC)NCC(c1cccc(F)c1)N1CCOCC1. The van der Waals surface area contributed by atoms with E-state index in [2.05, 4.69) is 27.1 Å². The first-order valence-electron chi connectivity index (χ1n) is 7.87. The van der Waals surface area contributed by atoms with Gasteiger partial charge in [-0.3, -0.25) is 9.89 Å². The molecule has 2 N–H and O–H groups in total. The van der Waals surface area contributed by atoms with E-state index in [0.29, 0.717) is 32.3 Å². The number of hydrogen-bond acceptors (Lipinski definition) is 3. The van der Waals surface area contributed by atoms with Crippen molar-refractivity contribution in [3.63, 3.8) is 0 Å². The Hall–Kier alpha value is -1.92. The summed E-state index contributed by atoms with van der Waals surface area (Å²) in [7, 11) is 1.73. The lowest BCUT2D eigenvalue weighted by Crippen LogP contribution is -2.46. The Morgan fingerprint density at radius 1 is 1.43 bits per heavy atom. The van der Waals surface area contributed by atoms with Gasteiger partial charge in [0.1, 0.15) is 5.82 Å². The molecule has 23 heavy (non-hydrogen) atoms. The van der Waals surface area contributed by atoms with Gasteiger partial charge in [0.05, 0.1) is 19.3 Å². The van der Waals surface area contributed by atoms with Crippen LogP contribution < -0.4 is 10.6 Å². The molecular weight excluding hydrogens is 295 g/mol. The number of rotatable bonds is 6. The average Bonchev–Trinajstić information content (AvgIpc) is 2.59. The van der Waals surface area contributed by atoms with E-state index >= 15 is 0 Å². The molecule has 1 aliphatic rings. The van der Waals surface area contributed by atoms with Crippen LogP contribution in [0.2, 0.25) is 0 Å². The van der Waals surface area contributed by atoms with Gasteiger partial charge < -0.3 is 15.4 Å². The van der Waals surface area contributed by atoms with Crippen molar-refractivity contribution in [2.75, 3.05) is 46.4 Å². The molecule has 0 aliphatic carbocycles. The molecule has 6 heteroatoms. The van der Waals surface area contributed by atoms with Gasteiger partial charge in [-0.2, -0.15) is 0 Å². The molecule has 5 nitrogen and oxygen atoms in total. The van der Waals surface area contributed by atoms with E-state index in [1.807, 2.05) is 6.07 Å². The van der Waals surface area contributed by atoms with Crippen LogP contribution in [0.25, 0.3) is 0 Å². The lowest BCUT2D eigenvalue weighted by molar-refractivity contribution is 0.0169. The summed E-state index contributed by atoms with van der Waals surface area (Å²) in [5.41, 5.74) is 0.957. The smallest absolute Gasteiger partial charge is 0.191 e. The highest BCUT2D eigenvalue weighted by molar-refractivity contribution is 5.79. The third-order valence-electron chi connectivity index (χ3n) is 3.82. The van der Waals surface area contributed by atoms with Crippen LogP contribution in [0.1, 0.15) is 11.6 Å². The third-order valence-corrected chi connectivity index (χ3v) is 3.82. The molecule has 0 radical (unpaired) electrons. The van der Waals surface area contributed by atoms with Gasteiger partial charge in [0.25, 0.3) is 0 Å². The Labute approximate surface area is 137 Å². The van der Waals surface area contributed by atoms with Crippen molar-refractivity contribution in [2.45, 2.75) is 6.04 Å². The first-order valence-corrected chi connectivity index (χ1v) is 7.87. The van der Waals surface area contributed by atoms with Crippen LogP contribution in [0.3, 0.4) is 0 Å². The molecule has 1 heterocycles. The highest BCUT2D eigenvalue weighted by atomic mass is 19.1. The Balaban J connectivity index is 2.08. The fourth-order valence-electron chi connectivity index (χ4n) is 2.64. The van der Waals surface area contributed by atoms with Crippen molar-refractivity contribution in [1.82, 2.24) is 15.5 Å². The number of ether oxygens (including phenoxy) is 1. The van der Waals surface area contributed by atoms with E-state index < -0.39 is 0 Å². The van der Waals surface area contributed by atoms with E-state index in [4.69, 9.17) is 4.74 Å². The van der Waals surface area contributed by atoms with Gasteiger partial charge in [0.15, 0.2) is 5.96 Å². The molecule has 1 aliphatic heterocycles. The van der Waals surface area contributed by atoms with E-state index in [1.54, 1.807) is 25.3 Å². The third kappa shape index (κ3) is 5.33. The van der Waals surface area contributed by atoms with Gasteiger partial charge in [0, 0.05) is 33.2 Å². The summed E-state index contributed by atoms with van der Waals surface area (Å²) in [5, 5.41) is 6.45. The van der Waals surface area contributed by atoms with Crippen molar-refractivity contribution in [1.29, 1.82) is 0 Å². The Kier molecular flexibility index (Phi) is 7.03. The zero-order chi connectivity index (χ0) is 16.5. The Morgan fingerprint density at radius 2 is 2.22 bits per heavy atom. The van der Waals surface area contributed by atoms with E-state index in [9.17, 15) is 4.39 Å². The number of nitrogens with zero attached hydrogens (tertiary/aromatic N) is 2. The Bertz CT molecular complexity index is 529. The predicted octanol–water partition coefficient (Wildman–Crippen LogP) is 1.55. The number of halogens is 1. The highest BCUT2D eigenvalue weighted by Crippen LogP contribution is 2.22. The van der Waals surface area contributed by atoms with Crippen LogP contribution >= 0.6 is 0 Å². The standard InChI is InChI=1S/C17H25FN4O/c1-3-7-20-17(19-2)21-13-16(22-8-10-23-11-9-22)14-5-4-6-15(18)12-14/h3-6,12,16H,1,7-11,13H2,2H3,(H2,19,20,21). The van der Waals surface area contributed by atoms with Crippen LogP contribution in [-0.4, -0.2) is 57.3 Å². The molecular formula is C17H25FN4O. The van der Waals surface area contributed by atoms with Gasteiger partial charge in [-0.1, -0.05) is 18.2 Å². The van der Waals surface area contributed by atoms with Crippen molar-refractivity contribution >= 4 is 5.96 Å². The fraction of sp³-hybridized carbons (Fsp3) is 0.471. The van der Waals surface area contributed by atoms with E-state index in [0.717, 1.165) is 18.7 Å². The average molecular weight is 320 g/mol. The van der Waals surface area contributed by atoms with Crippen molar-refractivity contribution in [3.05, 3.63) is 48.3 Å². The van der Waals surface area contributed by atoms with Gasteiger partial charge in [0.2, 0.25) is 0 Å². The van der Waals surface area contributed by atoms with Crippen molar-refractivity contribution < 1.29 is 9.13 Å². The zero-order valence-electron chi connectivity index (χ0n) is 13.6. The minimum absolute atomic E-state index is 0.0666. The maximum absolute atomic E-state index is 13.6. The Morgan fingerprint density at radius 3 is 2.87 bits per heavy atom. The largest absolute Gasteiger partial charge is 0.379 e. The topological polar surface area (TPSA) is 48.9 Å². The molecule has 1 atom stereocenters. The number of guanidine groups is 1. The lowest BCUT2D eigenvalue weighted by Gasteiger charge is -2.35. The first-order chi connectivity index (χ1) is 11.2. The minimum Gasteiger partial charge on any atom is -0.379 e. The molecule has 0 spiro atoms. The molecule has 0 amide bonds. The second-order valence-electron chi connectivity index (χ2n) is 5.34. The summed E-state index contributed by atoms with van der Waals surface area (Å²) >= 11 is 0. The van der Waals surface area contributed by atoms with E-state index in [-0.39, 0.29) is 11.9 Å². The fourth-order valence-corrected chi connectivity index (χ4v) is 2.64. The molecule has 0 bridgehead atoms. The second-order valence-corrected chi connectivity index (χ2v) is 5.34. The number of aliphatic imine (C=N–C) groups is 1. The normalized spacial score (nSPS) is 17.6. The molecule has 1 aromatic carbocycles. The molecule has 126 valence electrons. The molecule has 2 rings (SSSR count). The van der Waals surface area contributed by atoms with Crippen LogP contribution in [0, 0.1) is 5.82 Å². The summed E-state index contributed by atoms with van der Waals surface area (Å²) in [4.78, 5) is 6.49. The maximum Gasteiger partial charge on any atom is 0.191 e. The number of nitrogens with one attached hydrogen (secondary N) is 2. The van der Waals surface area contributed by atoms with Crippen molar-refractivity contribution in [3.8, 4) is 0 Å². The second kappa shape index (κ2) is 9.27. The van der Waals surface area contributed by atoms with Gasteiger partial charge in [-0.25, -0.2) is 4.39 Å². The van der Waals surface area contributed by atoms with Gasteiger partial charge in [-0.05, 0) is 17.7 Å². The molecule has 1 aromatic rings. The summed E-state index contributed by atoms with van der Waals surface area (Å²) in [6.07, 6.45) is 1.78. The van der Waals surface area contributed by atoms with E-state index in [1.165, 1.54) is 6.07 Å². The molecule has 1 unspecified atom stereocenters. The maximum atomic E-state index is 13.6. The zero-order valence-corrected chi connectivity index (χ0v) is 13.6. The van der Waals surface area contributed by atoms with Gasteiger partial charge in [-0.15, -0.1) is 6.58 Å². The minimum atomic E-state index is -0.213. The summed E-state index contributed by atoms with van der Waals surface area (Å²) in [6.45, 7) is 8.04. The molecule has 1 fully saturated rings. The van der Waals surface area contributed by atoms with Crippen LogP contribution in [0.5, 0.6) is 0 Å². The van der Waals surface area contributed by atoms with Gasteiger partial charge >= 0.3 is 0 Å². The number of benzene rings is 1. The molecule has 1 saturated heterocycles. The molecule has 0 saturated carbocycles. The number of hydrogen-bond donors (Lipinski definition) is 2. The summed E-state index contributed by atoms with van der Waals surface area (Å²) in [5.74, 6) is 0.495. The summed E-state index contributed by atoms with van der Waals surface area (Å²) < 4.78 is 19.0. The predicted molar refractivity (Wildman–Crippen MR) is 91.1 cm³/mol. The monoisotopic (exact) mass is 320 g/mol. The molecule has 0 aromatic heterocycles. The number of morpholine rings is 1. The van der Waals surface area contributed by atoms with Crippen LogP contribution in [0.4, 0.5) is 4.39 Å². The van der Waals surface area contributed by atoms with Crippen LogP contribution in [0.15, 0.2) is 41.9 Å². The highest BCUT2D eigenvalue weighted by Gasteiger charge is 2.23. The van der Waals surface area contributed by atoms with Crippen LogP contribution in [-0.2, 0) is 4.74 Å². The lowest BCUT2D eigenvalue weighted by atomic mass is 10.0. The first kappa shape index (κ1) is 17.4. The summed E-state index contributed by atoms with van der Waals surface area (Å²) in [6, 6.07) is 6.85. The quantitative estimate of drug-likeness (QED) is 0.474.